The van der Waals surface area contributed by atoms with E-state index in [-0.39, 0.29) is 11.8 Å². The van der Waals surface area contributed by atoms with E-state index >= 15 is 0 Å². The lowest BCUT2D eigenvalue weighted by atomic mass is 10.1. The molecule has 0 aliphatic heterocycles. The number of nitrogens with zero attached hydrogens (tertiary/aromatic N) is 2. The van der Waals surface area contributed by atoms with E-state index in [1.165, 1.54) is 6.26 Å². The second-order valence-corrected chi connectivity index (χ2v) is 7.48. The van der Waals surface area contributed by atoms with Gasteiger partial charge in [-0.05, 0) is 30.5 Å². The highest BCUT2D eigenvalue weighted by Crippen LogP contribution is 2.21. The summed E-state index contributed by atoms with van der Waals surface area (Å²) >= 11 is 0. The first-order valence-electron chi connectivity index (χ1n) is 6.76. The molecular formula is C14H21N3O2S. The number of aromatic nitrogens is 2. The molecule has 2 aromatic heterocycles. The van der Waals surface area contributed by atoms with Gasteiger partial charge in [0.05, 0.1) is 5.75 Å². The summed E-state index contributed by atoms with van der Waals surface area (Å²) in [5, 5.41) is 1.06. The van der Waals surface area contributed by atoms with Crippen LogP contribution in [0.3, 0.4) is 0 Å². The van der Waals surface area contributed by atoms with Gasteiger partial charge in [0.2, 0.25) is 0 Å². The second kappa shape index (κ2) is 5.93. The first-order chi connectivity index (χ1) is 9.40. The number of nitrogens with two attached hydrogens (primary N) is 1. The Bertz CT molecular complexity index is 692. The van der Waals surface area contributed by atoms with Crippen molar-refractivity contribution in [1.82, 2.24) is 9.55 Å². The average Bonchev–Trinajstić information content (AvgIpc) is 2.74. The zero-order chi connectivity index (χ0) is 14.8. The quantitative estimate of drug-likeness (QED) is 0.873. The third-order valence-corrected chi connectivity index (χ3v) is 4.35. The van der Waals surface area contributed by atoms with Crippen molar-refractivity contribution in [2.75, 3.05) is 12.0 Å². The molecule has 1 unspecified atom stereocenters. The third kappa shape index (κ3) is 3.58. The van der Waals surface area contributed by atoms with Crippen molar-refractivity contribution in [3.8, 4) is 0 Å². The minimum absolute atomic E-state index is 0.115. The number of hydrogen-bond acceptors (Lipinski definition) is 4. The predicted molar refractivity (Wildman–Crippen MR) is 81.4 cm³/mol. The first kappa shape index (κ1) is 15.0. The van der Waals surface area contributed by atoms with E-state index in [2.05, 4.69) is 11.9 Å². The van der Waals surface area contributed by atoms with Crippen molar-refractivity contribution in [2.24, 2.45) is 5.73 Å². The van der Waals surface area contributed by atoms with E-state index < -0.39 is 9.84 Å². The van der Waals surface area contributed by atoms with Crippen LogP contribution < -0.4 is 5.73 Å². The molecule has 0 aliphatic rings. The molecule has 6 heteroatoms. The van der Waals surface area contributed by atoms with E-state index in [4.69, 9.17) is 5.73 Å². The van der Waals surface area contributed by atoms with Gasteiger partial charge in [-0.15, -0.1) is 0 Å². The van der Waals surface area contributed by atoms with Crippen LogP contribution in [0.15, 0.2) is 24.5 Å². The number of aryl methyl sites for hydroxylation is 1. The van der Waals surface area contributed by atoms with Crippen LogP contribution >= 0.6 is 0 Å². The largest absolute Gasteiger partial charge is 0.331 e. The lowest BCUT2D eigenvalue weighted by molar-refractivity contribution is 0.595. The van der Waals surface area contributed by atoms with Gasteiger partial charge in [-0.3, -0.25) is 0 Å². The molecule has 0 amide bonds. The predicted octanol–water partition coefficient (Wildman–Crippen LogP) is 1.36. The summed E-state index contributed by atoms with van der Waals surface area (Å²) in [6.45, 7) is 2.49. The van der Waals surface area contributed by atoms with E-state index in [1.54, 1.807) is 6.20 Å². The van der Waals surface area contributed by atoms with Crippen molar-refractivity contribution in [1.29, 1.82) is 0 Å². The molecule has 0 saturated carbocycles. The fourth-order valence-electron chi connectivity index (χ4n) is 2.22. The molecule has 0 spiro atoms. The van der Waals surface area contributed by atoms with Crippen molar-refractivity contribution < 1.29 is 8.42 Å². The van der Waals surface area contributed by atoms with Gasteiger partial charge in [-0.2, -0.15) is 0 Å². The fourth-order valence-corrected chi connectivity index (χ4v) is 2.75. The Morgan fingerprint density at radius 1 is 1.45 bits per heavy atom. The number of hydrogen-bond donors (Lipinski definition) is 1. The Morgan fingerprint density at radius 3 is 2.85 bits per heavy atom. The van der Waals surface area contributed by atoms with Crippen molar-refractivity contribution >= 4 is 20.9 Å². The number of rotatable bonds is 6. The number of sulfone groups is 1. The normalized spacial score (nSPS) is 13.8. The third-order valence-electron chi connectivity index (χ3n) is 3.43. The zero-order valence-electron chi connectivity index (χ0n) is 11.9. The van der Waals surface area contributed by atoms with Gasteiger partial charge in [0.1, 0.15) is 15.5 Å². The van der Waals surface area contributed by atoms with E-state index in [0.717, 1.165) is 29.4 Å². The summed E-state index contributed by atoms with van der Waals surface area (Å²) in [4.78, 5) is 4.36. The van der Waals surface area contributed by atoms with Gasteiger partial charge in [0, 0.05) is 36.6 Å². The Labute approximate surface area is 119 Å². The van der Waals surface area contributed by atoms with Gasteiger partial charge in [-0.1, -0.05) is 6.92 Å². The van der Waals surface area contributed by atoms with Crippen LogP contribution in [-0.2, 0) is 22.8 Å². The maximum atomic E-state index is 11.3. The SMILES string of the molecule is CCC(N)Cc1cn(CCS(C)(=O)=O)c2ncccc12. The molecule has 0 fully saturated rings. The molecule has 110 valence electrons. The summed E-state index contributed by atoms with van der Waals surface area (Å²) in [6.07, 6.45) is 6.65. The molecular weight excluding hydrogens is 274 g/mol. The molecule has 1 atom stereocenters. The van der Waals surface area contributed by atoms with Crippen LogP contribution in [0.2, 0.25) is 0 Å². The van der Waals surface area contributed by atoms with Crippen LogP contribution in [0.1, 0.15) is 18.9 Å². The van der Waals surface area contributed by atoms with Crippen LogP contribution in [0.25, 0.3) is 11.0 Å². The smallest absolute Gasteiger partial charge is 0.149 e. The molecule has 0 aromatic carbocycles. The fraction of sp³-hybridized carbons (Fsp3) is 0.500. The van der Waals surface area contributed by atoms with Gasteiger partial charge in [-0.25, -0.2) is 13.4 Å². The number of fused-ring (bicyclic) bond motifs is 1. The molecule has 5 nitrogen and oxygen atoms in total. The Morgan fingerprint density at radius 2 is 2.20 bits per heavy atom. The lowest BCUT2D eigenvalue weighted by Crippen LogP contribution is -2.21. The van der Waals surface area contributed by atoms with Crippen LogP contribution in [0.4, 0.5) is 0 Å². The van der Waals surface area contributed by atoms with Gasteiger partial charge in [0.25, 0.3) is 0 Å². The second-order valence-electron chi connectivity index (χ2n) is 5.22. The van der Waals surface area contributed by atoms with Crippen LogP contribution in [0.5, 0.6) is 0 Å². The number of pyridine rings is 1. The van der Waals surface area contributed by atoms with Gasteiger partial charge in [0.15, 0.2) is 0 Å². The Hall–Kier alpha value is -1.40. The van der Waals surface area contributed by atoms with Crippen LogP contribution in [-0.4, -0.2) is 36.0 Å². The molecule has 20 heavy (non-hydrogen) atoms. The topological polar surface area (TPSA) is 78.0 Å². The highest BCUT2D eigenvalue weighted by molar-refractivity contribution is 7.90. The highest BCUT2D eigenvalue weighted by Gasteiger charge is 2.13. The summed E-state index contributed by atoms with van der Waals surface area (Å²) in [7, 11) is -2.98. The van der Waals surface area contributed by atoms with E-state index in [1.807, 2.05) is 22.9 Å². The van der Waals surface area contributed by atoms with E-state index in [9.17, 15) is 8.42 Å². The Balaban J connectivity index is 2.35. The standard InChI is InChI=1S/C14H21N3O2S/c1-3-12(15)9-11-10-17(7-8-20(2,18)19)14-13(11)5-4-6-16-14/h4-6,10,12H,3,7-9,15H2,1-2H3. The minimum Gasteiger partial charge on any atom is -0.331 e. The molecule has 2 rings (SSSR count). The highest BCUT2D eigenvalue weighted by atomic mass is 32.2. The van der Waals surface area contributed by atoms with Crippen molar-refractivity contribution in [3.05, 3.63) is 30.1 Å². The Kier molecular flexibility index (Phi) is 4.45. The van der Waals surface area contributed by atoms with Gasteiger partial charge < -0.3 is 10.3 Å². The lowest BCUT2D eigenvalue weighted by Gasteiger charge is -2.06. The molecule has 2 aromatic rings. The minimum atomic E-state index is -2.98. The summed E-state index contributed by atoms with van der Waals surface area (Å²) < 4.78 is 24.5. The zero-order valence-corrected chi connectivity index (χ0v) is 12.7. The molecule has 0 radical (unpaired) electrons. The first-order valence-corrected chi connectivity index (χ1v) is 8.83. The van der Waals surface area contributed by atoms with Crippen LogP contribution in [0, 0.1) is 0 Å². The molecule has 2 heterocycles. The maximum absolute atomic E-state index is 11.3. The molecule has 2 N–H and O–H groups in total. The summed E-state index contributed by atoms with van der Waals surface area (Å²) in [6, 6.07) is 4.02. The van der Waals surface area contributed by atoms with Crippen molar-refractivity contribution in [3.63, 3.8) is 0 Å². The van der Waals surface area contributed by atoms with Gasteiger partial charge >= 0.3 is 0 Å². The maximum Gasteiger partial charge on any atom is 0.149 e. The van der Waals surface area contributed by atoms with Crippen molar-refractivity contribution in [2.45, 2.75) is 32.4 Å². The molecule has 0 saturated heterocycles. The molecule has 0 aliphatic carbocycles. The van der Waals surface area contributed by atoms with E-state index in [0.29, 0.717) is 6.54 Å². The average molecular weight is 295 g/mol. The monoisotopic (exact) mass is 295 g/mol. The summed E-state index contributed by atoms with van der Waals surface area (Å²) in [5.74, 6) is 0.118. The summed E-state index contributed by atoms with van der Waals surface area (Å²) in [5.41, 5.74) is 7.99. The molecule has 0 bridgehead atoms.